The SMILES string of the molecule is CC1(C(=O)N(CCCl)CC(F)(F)F)CCCC1. The second-order valence-electron chi connectivity index (χ2n) is 4.80. The van der Waals surface area contributed by atoms with Gasteiger partial charge in [0.1, 0.15) is 6.54 Å². The van der Waals surface area contributed by atoms with Crippen LogP contribution in [0.2, 0.25) is 0 Å². The van der Waals surface area contributed by atoms with Crippen molar-refractivity contribution in [1.29, 1.82) is 0 Å². The zero-order valence-electron chi connectivity index (χ0n) is 9.82. The molecule has 1 rings (SSSR count). The maximum absolute atomic E-state index is 12.4. The summed E-state index contributed by atoms with van der Waals surface area (Å²) < 4.78 is 37.1. The summed E-state index contributed by atoms with van der Waals surface area (Å²) in [7, 11) is 0. The van der Waals surface area contributed by atoms with Gasteiger partial charge in [0.25, 0.3) is 0 Å². The van der Waals surface area contributed by atoms with E-state index in [1.807, 2.05) is 0 Å². The van der Waals surface area contributed by atoms with E-state index in [4.69, 9.17) is 11.6 Å². The number of nitrogens with zero attached hydrogens (tertiary/aromatic N) is 1. The molecule has 0 saturated heterocycles. The lowest BCUT2D eigenvalue weighted by Gasteiger charge is -2.31. The van der Waals surface area contributed by atoms with Crippen molar-refractivity contribution in [2.24, 2.45) is 5.41 Å². The van der Waals surface area contributed by atoms with Crippen LogP contribution in [-0.4, -0.2) is 36.0 Å². The van der Waals surface area contributed by atoms with Crippen molar-refractivity contribution in [2.45, 2.75) is 38.8 Å². The largest absolute Gasteiger partial charge is 0.406 e. The van der Waals surface area contributed by atoms with E-state index in [0.29, 0.717) is 12.8 Å². The number of hydrogen-bond donors (Lipinski definition) is 0. The molecule has 0 N–H and O–H groups in total. The van der Waals surface area contributed by atoms with Gasteiger partial charge < -0.3 is 4.90 Å². The molecule has 1 saturated carbocycles. The van der Waals surface area contributed by atoms with E-state index in [9.17, 15) is 18.0 Å². The summed E-state index contributed by atoms with van der Waals surface area (Å²) in [5, 5.41) is 0. The van der Waals surface area contributed by atoms with Crippen LogP contribution in [0.25, 0.3) is 0 Å². The van der Waals surface area contributed by atoms with Gasteiger partial charge in [-0.1, -0.05) is 19.8 Å². The predicted octanol–water partition coefficient (Wildman–Crippen LogP) is 3.20. The fraction of sp³-hybridized carbons (Fsp3) is 0.909. The first-order chi connectivity index (χ1) is 7.78. The monoisotopic (exact) mass is 271 g/mol. The first kappa shape index (κ1) is 14.6. The summed E-state index contributed by atoms with van der Waals surface area (Å²) in [5.74, 6) is -0.384. The molecule has 0 aromatic rings. The van der Waals surface area contributed by atoms with Gasteiger partial charge >= 0.3 is 6.18 Å². The quantitative estimate of drug-likeness (QED) is 0.719. The Hall–Kier alpha value is -0.450. The number of alkyl halides is 4. The summed E-state index contributed by atoms with van der Waals surface area (Å²) >= 11 is 5.46. The number of carbonyl (C=O) groups is 1. The molecule has 1 aliphatic rings. The van der Waals surface area contributed by atoms with Gasteiger partial charge in [-0.2, -0.15) is 13.2 Å². The minimum Gasteiger partial charge on any atom is -0.332 e. The molecule has 17 heavy (non-hydrogen) atoms. The van der Waals surface area contributed by atoms with Gasteiger partial charge in [-0.3, -0.25) is 4.79 Å². The van der Waals surface area contributed by atoms with Crippen LogP contribution in [0.5, 0.6) is 0 Å². The Morgan fingerprint density at radius 3 is 2.29 bits per heavy atom. The molecule has 0 radical (unpaired) electrons. The first-order valence-electron chi connectivity index (χ1n) is 5.71. The van der Waals surface area contributed by atoms with Crippen LogP contribution >= 0.6 is 11.6 Å². The molecule has 0 bridgehead atoms. The minimum atomic E-state index is -4.36. The molecule has 100 valence electrons. The van der Waals surface area contributed by atoms with Crippen LogP contribution in [-0.2, 0) is 4.79 Å². The van der Waals surface area contributed by atoms with Crippen LogP contribution in [0, 0.1) is 5.41 Å². The van der Waals surface area contributed by atoms with Crippen LogP contribution in [0.3, 0.4) is 0 Å². The highest BCUT2D eigenvalue weighted by Gasteiger charge is 2.42. The molecular weight excluding hydrogens is 255 g/mol. The lowest BCUT2D eigenvalue weighted by molar-refractivity contribution is -0.166. The lowest BCUT2D eigenvalue weighted by atomic mass is 9.87. The Balaban J connectivity index is 2.72. The Morgan fingerprint density at radius 1 is 1.35 bits per heavy atom. The highest BCUT2D eigenvalue weighted by Crippen LogP contribution is 2.39. The second kappa shape index (κ2) is 5.46. The van der Waals surface area contributed by atoms with E-state index in [2.05, 4.69) is 0 Å². The van der Waals surface area contributed by atoms with E-state index < -0.39 is 24.0 Å². The smallest absolute Gasteiger partial charge is 0.332 e. The number of halogens is 4. The van der Waals surface area contributed by atoms with Crippen molar-refractivity contribution in [3.8, 4) is 0 Å². The van der Waals surface area contributed by atoms with Crippen LogP contribution < -0.4 is 0 Å². The molecule has 1 amide bonds. The zero-order chi connectivity index (χ0) is 13.1. The number of rotatable bonds is 4. The maximum atomic E-state index is 12.4. The number of hydrogen-bond acceptors (Lipinski definition) is 1. The van der Waals surface area contributed by atoms with Crippen molar-refractivity contribution in [1.82, 2.24) is 4.90 Å². The fourth-order valence-corrected chi connectivity index (χ4v) is 2.53. The molecule has 1 aliphatic carbocycles. The molecule has 0 aromatic heterocycles. The Labute approximate surface area is 104 Å². The minimum absolute atomic E-state index is 0.0257. The average Bonchev–Trinajstić information content (AvgIpc) is 2.63. The third kappa shape index (κ3) is 4.05. The highest BCUT2D eigenvalue weighted by atomic mass is 35.5. The molecule has 0 unspecified atom stereocenters. The lowest BCUT2D eigenvalue weighted by Crippen LogP contribution is -2.46. The van der Waals surface area contributed by atoms with Gasteiger partial charge in [-0.05, 0) is 12.8 Å². The molecule has 0 heterocycles. The third-order valence-electron chi connectivity index (χ3n) is 3.24. The summed E-state index contributed by atoms with van der Waals surface area (Å²) in [6.45, 7) is 0.504. The summed E-state index contributed by atoms with van der Waals surface area (Å²) in [6.07, 6.45) is -1.21. The van der Waals surface area contributed by atoms with Crippen LogP contribution in [0.15, 0.2) is 0 Å². The second-order valence-corrected chi connectivity index (χ2v) is 5.18. The van der Waals surface area contributed by atoms with Gasteiger partial charge in [0.15, 0.2) is 0 Å². The van der Waals surface area contributed by atoms with Crippen molar-refractivity contribution in [2.75, 3.05) is 19.0 Å². The van der Waals surface area contributed by atoms with Gasteiger partial charge in [-0.15, -0.1) is 11.6 Å². The standard InChI is InChI=1S/C11H17ClF3NO/c1-10(4-2-3-5-10)9(17)16(7-6-12)8-11(13,14)15/h2-8H2,1H3. The van der Waals surface area contributed by atoms with Crippen molar-refractivity contribution in [3.63, 3.8) is 0 Å². The molecule has 0 atom stereocenters. The van der Waals surface area contributed by atoms with E-state index in [-0.39, 0.29) is 12.4 Å². The fourth-order valence-electron chi connectivity index (χ4n) is 2.32. The molecule has 0 aromatic carbocycles. The summed E-state index contributed by atoms with van der Waals surface area (Å²) in [5.41, 5.74) is -0.628. The molecule has 0 aliphatic heterocycles. The van der Waals surface area contributed by atoms with E-state index >= 15 is 0 Å². The average molecular weight is 272 g/mol. The zero-order valence-corrected chi connectivity index (χ0v) is 10.6. The Morgan fingerprint density at radius 2 is 1.88 bits per heavy atom. The van der Waals surface area contributed by atoms with Gasteiger partial charge in [-0.25, -0.2) is 0 Å². The van der Waals surface area contributed by atoms with E-state index in [0.717, 1.165) is 17.7 Å². The maximum Gasteiger partial charge on any atom is 0.406 e. The summed E-state index contributed by atoms with van der Waals surface area (Å²) in [6, 6.07) is 0. The van der Waals surface area contributed by atoms with Gasteiger partial charge in [0, 0.05) is 17.8 Å². The van der Waals surface area contributed by atoms with Crippen molar-refractivity contribution >= 4 is 17.5 Å². The Kier molecular flexibility index (Phi) is 4.69. The molecular formula is C11H17ClF3NO. The molecule has 6 heteroatoms. The van der Waals surface area contributed by atoms with Crippen molar-refractivity contribution < 1.29 is 18.0 Å². The first-order valence-corrected chi connectivity index (χ1v) is 6.24. The molecule has 0 spiro atoms. The normalized spacial score (nSPS) is 19.4. The van der Waals surface area contributed by atoms with Crippen LogP contribution in [0.4, 0.5) is 13.2 Å². The van der Waals surface area contributed by atoms with Crippen molar-refractivity contribution in [3.05, 3.63) is 0 Å². The highest BCUT2D eigenvalue weighted by molar-refractivity contribution is 6.18. The van der Waals surface area contributed by atoms with Crippen LogP contribution in [0.1, 0.15) is 32.6 Å². The number of amides is 1. The summed E-state index contributed by atoms with van der Waals surface area (Å²) in [4.78, 5) is 12.9. The Bertz CT molecular complexity index is 274. The molecule has 2 nitrogen and oxygen atoms in total. The topological polar surface area (TPSA) is 20.3 Å². The molecule has 1 fully saturated rings. The third-order valence-corrected chi connectivity index (χ3v) is 3.40. The predicted molar refractivity (Wildman–Crippen MR) is 59.9 cm³/mol. The van der Waals surface area contributed by atoms with Gasteiger partial charge in [0.05, 0.1) is 0 Å². The van der Waals surface area contributed by atoms with E-state index in [1.54, 1.807) is 6.92 Å². The van der Waals surface area contributed by atoms with Gasteiger partial charge in [0.2, 0.25) is 5.91 Å². The van der Waals surface area contributed by atoms with E-state index in [1.165, 1.54) is 0 Å². The number of carbonyl (C=O) groups excluding carboxylic acids is 1.